The Morgan fingerprint density at radius 3 is 2.58 bits per heavy atom. The number of rotatable bonds is 1. The molecule has 5 nitrogen and oxygen atoms in total. The molecule has 134 valence electrons. The number of amides is 1. The SMILES string of the molecule is Cc1ccc2c(c1)CN(C(=O)c1cn(C)c3c(C)cn(C)c(=O)c13)CC2. The fourth-order valence-electron chi connectivity index (χ4n) is 4.10. The first-order valence-corrected chi connectivity index (χ1v) is 8.89. The standard InChI is InChI=1S/C21H23N3O2/c1-13-5-6-15-7-8-24(11-16(15)9-13)20(25)17-12-22(3)19-14(2)10-23(4)21(26)18(17)19/h5-6,9-10,12H,7-8,11H2,1-4H3. The van der Waals surface area contributed by atoms with E-state index in [1.807, 2.05) is 29.6 Å². The van der Waals surface area contributed by atoms with Crippen molar-refractivity contribution in [2.75, 3.05) is 6.54 Å². The van der Waals surface area contributed by atoms with E-state index in [9.17, 15) is 9.59 Å². The van der Waals surface area contributed by atoms with Crippen molar-refractivity contribution >= 4 is 16.8 Å². The molecule has 3 heterocycles. The smallest absolute Gasteiger partial charge is 0.260 e. The molecule has 0 radical (unpaired) electrons. The summed E-state index contributed by atoms with van der Waals surface area (Å²) in [6.45, 7) is 5.31. The van der Waals surface area contributed by atoms with Gasteiger partial charge in [-0.2, -0.15) is 0 Å². The zero-order valence-corrected chi connectivity index (χ0v) is 15.7. The van der Waals surface area contributed by atoms with Gasteiger partial charge in [-0.3, -0.25) is 9.59 Å². The average molecular weight is 349 g/mol. The van der Waals surface area contributed by atoms with E-state index >= 15 is 0 Å². The van der Waals surface area contributed by atoms with Gasteiger partial charge in [0.15, 0.2) is 0 Å². The minimum atomic E-state index is -0.122. The van der Waals surface area contributed by atoms with E-state index in [1.165, 1.54) is 16.7 Å². The molecule has 26 heavy (non-hydrogen) atoms. The Morgan fingerprint density at radius 2 is 1.81 bits per heavy atom. The van der Waals surface area contributed by atoms with Crippen molar-refractivity contribution < 1.29 is 4.79 Å². The van der Waals surface area contributed by atoms with E-state index in [0.29, 0.717) is 24.0 Å². The summed E-state index contributed by atoms with van der Waals surface area (Å²) in [6, 6.07) is 6.43. The highest BCUT2D eigenvalue weighted by molar-refractivity contribution is 6.07. The zero-order valence-electron chi connectivity index (χ0n) is 15.7. The van der Waals surface area contributed by atoms with Gasteiger partial charge in [0.05, 0.1) is 16.5 Å². The Hall–Kier alpha value is -2.82. The predicted molar refractivity (Wildman–Crippen MR) is 103 cm³/mol. The van der Waals surface area contributed by atoms with Gasteiger partial charge in [-0.05, 0) is 37.0 Å². The Morgan fingerprint density at radius 1 is 1.04 bits per heavy atom. The van der Waals surface area contributed by atoms with E-state index in [0.717, 1.165) is 17.5 Å². The van der Waals surface area contributed by atoms with E-state index in [-0.39, 0.29) is 11.5 Å². The van der Waals surface area contributed by atoms with Crippen molar-refractivity contribution in [3.05, 3.63) is 68.8 Å². The number of pyridine rings is 1. The quantitative estimate of drug-likeness (QED) is 0.678. The fraction of sp³-hybridized carbons (Fsp3) is 0.333. The van der Waals surface area contributed by atoms with E-state index in [1.54, 1.807) is 17.8 Å². The second-order valence-corrected chi connectivity index (χ2v) is 7.35. The lowest BCUT2D eigenvalue weighted by molar-refractivity contribution is 0.0736. The molecule has 4 rings (SSSR count). The van der Waals surface area contributed by atoms with Gasteiger partial charge in [0.25, 0.3) is 11.5 Å². The van der Waals surface area contributed by atoms with Crippen molar-refractivity contribution in [3.8, 4) is 0 Å². The molecule has 3 aromatic rings. The number of aryl methyl sites for hydroxylation is 4. The minimum Gasteiger partial charge on any atom is -0.349 e. The van der Waals surface area contributed by atoms with Gasteiger partial charge >= 0.3 is 0 Å². The van der Waals surface area contributed by atoms with Gasteiger partial charge in [0.2, 0.25) is 0 Å². The third-order valence-corrected chi connectivity index (χ3v) is 5.37. The van der Waals surface area contributed by atoms with Gasteiger partial charge in [-0.15, -0.1) is 0 Å². The highest BCUT2D eigenvalue weighted by atomic mass is 16.2. The molecular weight excluding hydrogens is 326 g/mol. The highest BCUT2D eigenvalue weighted by Crippen LogP contribution is 2.25. The van der Waals surface area contributed by atoms with Crippen LogP contribution in [0.1, 0.15) is 32.6 Å². The van der Waals surface area contributed by atoms with Gasteiger partial charge in [0.1, 0.15) is 0 Å². The lowest BCUT2D eigenvalue weighted by Crippen LogP contribution is -2.36. The van der Waals surface area contributed by atoms with Crippen LogP contribution in [0.25, 0.3) is 10.9 Å². The lowest BCUT2D eigenvalue weighted by Gasteiger charge is -2.29. The summed E-state index contributed by atoms with van der Waals surface area (Å²) in [5.74, 6) is -0.0644. The second kappa shape index (κ2) is 5.87. The molecule has 0 unspecified atom stereocenters. The molecular formula is C21H23N3O2. The molecule has 0 fully saturated rings. The Kier molecular flexibility index (Phi) is 3.75. The maximum absolute atomic E-state index is 13.3. The summed E-state index contributed by atoms with van der Waals surface area (Å²) in [7, 11) is 3.62. The van der Waals surface area contributed by atoms with Crippen LogP contribution < -0.4 is 5.56 Å². The normalized spacial score (nSPS) is 13.9. The molecule has 1 aliphatic rings. The largest absolute Gasteiger partial charge is 0.349 e. The number of hydrogen-bond donors (Lipinski definition) is 0. The van der Waals surface area contributed by atoms with Gasteiger partial charge in [0, 0.05) is 39.6 Å². The topological polar surface area (TPSA) is 47.2 Å². The monoisotopic (exact) mass is 349 g/mol. The molecule has 5 heteroatoms. The molecule has 1 aliphatic heterocycles. The van der Waals surface area contributed by atoms with Crippen LogP contribution in [0.5, 0.6) is 0 Å². The van der Waals surface area contributed by atoms with E-state index in [2.05, 4.69) is 25.1 Å². The number of benzene rings is 1. The molecule has 0 saturated carbocycles. The van der Waals surface area contributed by atoms with Crippen LogP contribution in [0.15, 0.2) is 35.4 Å². The summed E-state index contributed by atoms with van der Waals surface area (Å²) in [6.07, 6.45) is 4.47. The van der Waals surface area contributed by atoms with Crippen molar-refractivity contribution in [3.63, 3.8) is 0 Å². The van der Waals surface area contributed by atoms with Crippen LogP contribution >= 0.6 is 0 Å². The van der Waals surface area contributed by atoms with Gasteiger partial charge < -0.3 is 14.0 Å². The Labute approximate surface area is 152 Å². The summed E-state index contributed by atoms with van der Waals surface area (Å²) >= 11 is 0. The van der Waals surface area contributed by atoms with Crippen LogP contribution in [0.4, 0.5) is 0 Å². The Bertz CT molecular complexity index is 1100. The first-order chi connectivity index (χ1) is 12.4. The number of carbonyl (C=O) groups excluding carboxylic acids is 1. The summed E-state index contributed by atoms with van der Waals surface area (Å²) in [4.78, 5) is 27.8. The number of aromatic nitrogens is 2. The highest BCUT2D eigenvalue weighted by Gasteiger charge is 2.26. The first kappa shape index (κ1) is 16.6. The van der Waals surface area contributed by atoms with Gasteiger partial charge in [-0.1, -0.05) is 23.8 Å². The fourth-order valence-corrected chi connectivity index (χ4v) is 4.10. The summed E-state index contributed by atoms with van der Waals surface area (Å²) < 4.78 is 3.45. The number of fused-ring (bicyclic) bond motifs is 2. The van der Waals surface area contributed by atoms with Crippen LogP contribution in [-0.4, -0.2) is 26.5 Å². The molecule has 1 aromatic carbocycles. The molecule has 0 saturated heterocycles. The molecule has 0 aliphatic carbocycles. The van der Waals surface area contributed by atoms with Crippen molar-refractivity contribution in [1.29, 1.82) is 0 Å². The van der Waals surface area contributed by atoms with E-state index < -0.39 is 0 Å². The van der Waals surface area contributed by atoms with Crippen LogP contribution in [0, 0.1) is 13.8 Å². The summed E-state index contributed by atoms with van der Waals surface area (Å²) in [5.41, 5.74) is 5.92. The van der Waals surface area contributed by atoms with Gasteiger partial charge in [-0.25, -0.2) is 0 Å². The van der Waals surface area contributed by atoms with Crippen LogP contribution in [0.2, 0.25) is 0 Å². The molecule has 0 bridgehead atoms. The molecule has 0 spiro atoms. The molecule has 0 atom stereocenters. The Balaban J connectivity index is 1.79. The second-order valence-electron chi connectivity index (χ2n) is 7.35. The number of hydrogen-bond acceptors (Lipinski definition) is 2. The molecule has 0 N–H and O–H groups in total. The zero-order chi connectivity index (χ0) is 18.6. The number of nitrogens with zero attached hydrogens (tertiary/aromatic N) is 3. The van der Waals surface area contributed by atoms with E-state index in [4.69, 9.17) is 0 Å². The van der Waals surface area contributed by atoms with Crippen molar-refractivity contribution in [2.45, 2.75) is 26.8 Å². The average Bonchev–Trinajstić information content (AvgIpc) is 2.96. The predicted octanol–water partition coefficient (Wildman–Crippen LogP) is 2.69. The maximum Gasteiger partial charge on any atom is 0.260 e. The molecule has 1 amide bonds. The number of carbonyl (C=O) groups is 1. The van der Waals surface area contributed by atoms with Crippen molar-refractivity contribution in [1.82, 2.24) is 14.0 Å². The third kappa shape index (κ3) is 2.46. The minimum absolute atomic E-state index is 0.0644. The third-order valence-electron chi connectivity index (χ3n) is 5.37. The van der Waals surface area contributed by atoms with Crippen LogP contribution in [0.3, 0.4) is 0 Å². The van der Waals surface area contributed by atoms with Crippen molar-refractivity contribution in [2.24, 2.45) is 14.1 Å². The lowest BCUT2D eigenvalue weighted by atomic mass is 9.97. The first-order valence-electron chi connectivity index (χ1n) is 8.89. The molecule has 2 aromatic heterocycles. The van der Waals surface area contributed by atoms with Crippen LogP contribution in [-0.2, 0) is 27.1 Å². The maximum atomic E-state index is 13.3. The summed E-state index contributed by atoms with van der Waals surface area (Å²) in [5, 5.41) is 0.523.